The lowest BCUT2D eigenvalue weighted by Crippen LogP contribution is -2.28. The van der Waals surface area contributed by atoms with Gasteiger partial charge in [0.25, 0.3) is 0 Å². The van der Waals surface area contributed by atoms with Gasteiger partial charge in [-0.2, -0.15) is 5.10 Å². The van der Waals surface area contributed by atoms with E-state index in [0.29, 0.717) is 12.1 Å². The van der Waals surface area contributed by atoms with Gasteiger partial charge in [-0.25, -0.2) is 0 Å². The van der Waals surface area contributed by atoms with Crippen molar-refractivity contribution in [1.29, 1.82) is 0 Å². The fourth-order valence-electron chi connectivity index (χ4n) is 3.42. The predicted molar refractivity (Wildman–Crippen MR) is 82.6 cm³/mol. The van der Waals surface area contributed by atoms with Gasteiger partial charge in [-0.1, -0.05) is 39.0 Å². The minimum Gasteiger partial charge on any atom is -0.308 e. The number of nitrogens with one attached hydrogen (secondary N) is 1. The molecule has 0 bridgehead atoms. The minimum atomic E-state index is 0.658. The number of nitrogens with zero attached hydrogens (tertiary/aromatic N) is 2. The average molecular weight is 275 g/mol. The van der Waals surface area contributed by atoms with Crippen molar-refractivity contribution in [1.82, 2.24) is 15.1 Å². The Morgan fingerprint density at radius 3 is 2.75 bits per heavy atom. The first-order valence-corrected chi connectivity index (χ1v) is 8.62. The molecule has 0 spiro atoms. The van der Waals surface area contributed by atoms with Gasteiger partial charge in [-0.05, 0) is 37.7 Å². The van der Waals surface area contributed by atoms with Gasteiger partial charge in [0.15, 0.2) is 0 Å². The molecule has 0 aromatic carbocycles. The third-order valence-corrected chi connectivity index (χ3v) is 4.99. The van der Waals surface area contributed by atoms with Gasteiger partial charge in [0.2, 0.25) is 0 Å². The molecule has 112 valence electrons. The molecule has 3 rings (SSSR count). The molecule has 0 aliphatic heterocycles. The van der Waals surface area contributed by atoms with E-state index >= 15 is 0 Å². The van der Waals surface area contributed by atoms with Crippen molar-refractivity contribution in [2.75, 3.05) is 0 Å². The standard InChI is InChI=1S/C17H29N3/c1-2-15(12-14-8-9-14)18-13-16-10-11-20(19-16)17-6-4-3-5-7-17/h10-11,14-15,17-18H,2-9,12-13H2,1H3. The molecular weight excluding hydrogens is 246 g/mol. The molecule has 1 aromatic heterocycles. The highest BCUT2D eigenvalue weighted by molar-refractivity contribution is 5.00. The Morgan fingerprint density at radius 2 is 2.05 bits per heavy atom. The lowest BCUT2D eigenvalue weighted by molar-refractivity contribution is 0.327. The molecule has 0 radical (unpaired) electrons. The van der Waals surface area contributed by atoms with E-state index in [2.05, 4.69) is 29.2 Å². The number of aromatic nitrogens is 2. The second-order valence-corrected chi connectivity index (χ2v) is 6.74. The minimum absolute atomic E-state index is 0.658. The summed E-state index contributed by atoms with van der Waals surface area (Å²) < 4.78 is 2.22. The van der Waals surface area contributed by atoms with Crippen LogP contribution in [0.2, 0.25) is 0 Å². The summed E-state index contributed by atoms with van der Waals surface area (Å²) >= 11 is 0. The number of hydrogen-bond acceptors (Lipinski definition) is 2. The molecule has 2 saturated carbocycles. The van der Waals surface area contributed by atoms with Gasteiger partial charge in [-0.3, -0.25) is 4.68 Å². The maximum Gasteiger partial charge on any atom is 0.0762 e. The van der Waals surface area contributed by atoms with Gasteiger partial charge in [0.1, 0.15) is 0 Å². The summed E-state index contributed by atoms with van der Waals surface area (Å²) in [6, 6.07) is 3.54. The summed E-state index contributed by atoms with van der Waals surface area (Å²) in [6.45, 7) is 3.23. The molecule has 2 aliphatic rings. The summed E-state index contributed by atoms with van der Waals surface area (Å²) in [5.41, 5.74) is 1.21. The van der Waals surface area contributed by atoms with E-state index in [0.717, 1.165) is 12.5 Å². The highest BCUT2D eigenvalue weighted by Crippen LogP contribution is 2.34. The van der Waals surface area contributed by atoms with Crippen LogP contribution in [0.25, 0.3) is 0 Å². The zero-order valence-electron chi connectivity index (χ0n) is 12.9. The van der Waals surface area contributed by atoms with E-state index in [1.807, 2.05) is 0 Å². The van der Waals surface area contributed by atoms with Gasteiger partial charge < -0.3 is 5.32 Å². The normalized spacial score (nSPS) is 22.1. The van der Waals surface area contributed by atoms with Crippen molar-refractivity contribution >= 4 is 0 Å². The number of rotatable bonds is 7. The van der Waals surface area contributed by atoms with E-state index in [1.165, 1.54) is 63.5 Å². The molecular formula is C17H29N3. The topological polar surface area (TPSA) is 29.9 Å². The molecule has 0 amide bonds. The second-order valence-electron chi connectivity index (χ2n) is 6.74. The van der Waals surface area contributed by atoms with Crippen LogP contribution in [0.3, 0.4) is 0 Å². The first kappa shape index (κ1) is 14.1. The molecule has 20 heavy (non-hydrogen) atoms. The van der Waals surface area contributed by atoms with Crippen LogP contribution >= 0.6 is 0 Å². The average Bonchev–Trinajstić information content (AvgIpc) is 3.19. The Labute approximate surface area is 123 Å². The zero-order chi connectivity index (χ0) is 13.8. The lowest BCUT2D eigenvalue weighted by Gasteiger charge is -2.21. The maximum absolute atomic E-state index is 4.79. The Balaban J connectivity index is 1.48. The predicted octanol–water partition coefficient (Wildman–Crippen LogP) is 4.06. The van der Waals surface area contributed by atoms with Gasteiger partial charge in [-0.15, -0.1) is 0 Å². The SMILES string of the molecule is CCC(CC1CC1)NCc1ccn(C2CCCCC2)n1. The fourth-order valence-corrected chi connectivity index (χ4v) is 3.42. The fraction of sp³-hybridized carbons (Fsp3) is 0.824. The molecule has 1 aromatic rings. The summed E-state index contributed by atoms with van der Waals surface area (Å²) in [7, 11) is 0. The summed E-state index contributed by atoms with van der Waals surface area (Å²) in [6.07, 6.45) is 14.5. The van der Waals surface area contributed by atoms with Crippen molar-refractivity contribution in [2.45, 2.75) is 83.3 Å². The Kier molecular flexibility index (Phi) is 4.77. The van der Waals surface area contributed by atoms with E-state index < -0.39 is 0 Å². The van der Waals surface area contributed by atoms with Crippen LogP contribution in [-0.4, -0.2) is 15.8 Å². The number of hydrogen-bond donors (Lipinski definition) is 1. The molecule has 3 nitrogen and oxygen atoms in total. The Morgan fingerprint density at radius 1 is 1.25 bits per heavy atom. The van der Waals surface area contributed by atoms with Crippen LogP contribution < -0.4 is 5.32 Å². The van der Waals surface area contributed by atoms with Crippen molar-refractivity contribution in [3.8, 4) is 0 Å². The van der Waals surface area contributed by atoms with Crippen LogP contribution in [0.4, 0.5) is 0 Å². The molecule has 2 fully saturated rings. The first-order chi connectivity index (χ1) is 9.85. The highest BCUT2D eigenvalue weighted by atomic mass is 15.3. The molecule has 0 saturated heterocycles. The molecule has 1 heterocycles. The van der Waals surface area contributed by atoms with Crippen LogP contribution in [-0.2, 0) is 6.54 Å². The van der Waals surface area contributed by atoms with Crippen LogP contribution in [0.1, 0.15) is 76.4 Å². The highest BCUT2D eigenvalue weighted by Gasteiger charge is 2.24. The van der Waals surface area contributed by atoms with Crippen molar-refractivity contribution in [2.24, 2.45) is 5.92 Å². The van der Waals surface area contributed by atoms with E-state index in [1.54, 1.807) is 0 Å². The second kappa shape index (κ2) is 6.75. The van der Waals surface area contributed by atoms with Crippen molar-refractivity contribution in [3.05, 3.63) is 18.0 Å². The Hall–Kier alpha value is -0.830. The summed E-state index contributed by atoms with van der Waals surface area (Å²) in [4.78, 5) is 0. The molecule has 2 aliphatic carbocycles. The maximum atomic E-state index is 4.79. The van der Waals surface area contributed by atoms with Crippen molar-refractivity contribution in [3.63, 3.8) is 0 Å². The zero-order valence-corrected chi connectivity index (χ0v) is 12.9. The third-order valence-electron chi connectivity index (χ3n) is 4.99. The van der Waals surface area contributed by atoms with Crippen LogP contribution in [0.15, 0.2) is 12.3 Å². The van der Waals surface area contributed by atoms with Gasteiger partial charge >= 0.3 is 0 Å². The van der Waals surface area contributed by atoms with E-state index in [4.69, 9.17) is 5.10 Å². The molecule has 1 unspecified atom stereocenters. The summed E-state index contributed by atoms with van der Waals surface area (Å²) in [5.74, 6) is 1.01. The van der Waals surface area contributed by atoms with Crippen LogP contribution in [0.5, 0.6) is 0 Å². The third kappa shape index (κ3) is 3.85. The van der Waals surface area contributed by atoms with Crippen molar-refractivity contribution < 1.29 is 0 Å². The molecule has 1 N–H and O–H groups in total. The molecule has 1 atom stereocenters. The quantitative estimate of drug-likeness (QED) is 0.813. The summed E-state index contributed by atoms with van der Waals surface area (Å²) in [5, 5.41) is 8.49. The smallest absolute Gasteiger partial charge is 0.0762 e. The van der Waals surface area contributed by atoms with E-state index in [-0.39, 0.29) is 0 Å². The van der Waals surface area contributed by atoms with Gasteiger partial charge in [0, 0.05) is 18.8 Å². The monoisotopic (exact) mass is 275 g/mol. The lowest BCUT2D eigenvalue weighted by atomic mass is 9.96. The largest absolute Gasteiger partial charge is 0.308 e. The van der Waals surface area contributed by atoms with Gasteiger partial charge in [0.05, 0.1) is 11.7 Å². The Bertz CT molecular complexity index is 402. The molecule has 3 heteroatoms. The van der Waals surface area contributed by atoms with E-state index in [9.17, 15) is 0 Å². The first-order valence-electron chi connectivity index (χ1n) is 8.62. The van der Waals surface area contributed by atoms with Crippen LogP contribution in [0, 0.1) is 5.92 Å².